The molecule has 0 atom stereocenters. The maximum Gasteiger partial charge on any atom is 0.274 e. The first-order valence-corrected chi connectivity index (χ1v) is 7.26. The van der Waals surface area contributed by atoms with Gasteiger partial charge in [-0.2, -0.15) is 0 Å². The second kappa shape index (κ2) is 7.32. The monoisotopic (exact) mass is 323 g/mol. The molecule has 0 bridgehead atoms. The third kappa shape index (κ3) is 4.13. The topological polar surface area (TPSA) is 64.1 Å². The lowest BCUT2D eigenvalue weighted by atomic mass is 10.2. The van der Waals surface area contributed by atoms with E-state index in [0.29, 0.717) is 18.2 Å². The van der Waals surface area contributed by atoms with Gasteiger partial charge in [-0.05, 0) is 29.8 Å². The van der Waals surface area contributed by atoms with Gasteiger partial charge in [-0.3, -0.25) is 4.79 Å². The van der Waals surface area contributed by atoms with Crippen LogP contribution in [-0.4, -0.2) is 15.9 Å². The van der Waals surface area contributed by atoms with Crippen LogP contribution in [0.5, 0.6) is 5.88 Å². The van der Waals surface area contributed by atoms with Crippen molar-refractivity contribution in [2.45, 2.75) is 6.61 Å². The lowest BCUT2D eigenvalue weighted by molar-refractivity contribution is 0.102. The maximum atomic E-state index is 12.9. The first kappa shape index (κ1) is 15.6. The number of benzene rings is 2. The van der Waals surface area contributed by atoms with Crippen molar-refractivity contribution in [3.63, 3.8) is 0 Å². The molecule has 5 nitrogen and oxygen atoms in total. The van der Waals surface area contributed by atoms with Crippen LogP contribution in [0, 0.1) is 5.82 Å². The Balaban J connectivity index is 1.65. The summed E-state index contributed by atoms with van der Waals surface area (Å²) in [5.74, 6) is -0.488. The summed E-state index contributed by atoms with van der Waals surface area (Å²) in [6.07, 6.45) is 1.26. The van der Waals surface area contributed by atoms with E-state index in [0.717, 1.165) is 5.56 Å². The van der Waals surface area contributed by atoms with Crippen LogP contribution in [0.2, 0.25) is 0 Å². The number of rotatable bonds is 5. The van der Waals surface area contributed by atoms with Gasteiger partial charge in [0.1, 0.15) is 24.4 Å². The van der Waals surface area contributed by atoms with Crippen LogP contribution in [0.4, 0.5) is 10.1 Å². The predicted octanol–water partition coefficient (Wildman–Crippen LogP) is 3.45. The number of carbonyl (C=O) groups is 1. The summed E-state index contributed by atoms with van der Waals surface area (Å²) in [5.41, 5.74) is 1.64. The minimum atomic E-state index is -0.423. The van der Waals surface area contributed by atoms with Gasteiger partial charge in [-0.1, -0.05) is 30.3 Å². The van der Waals surface area contributed by atoms with Gasteiger partial charge in [0.05, 0.1) is 0 Å². The molecule has 2 aromatic carbocycles. The molecular weight excluding hydrogens is 309 g/mol. The summed E-state index contributed by atoms with van der Waals surface area (Å²) < 4.78 is 18.4. The van der Waals surface area contributed by atoms with Gasteiger partial charge < -0.3 is 10.1 Å². The molecule has 1 heterocycles. The van der Waals surface area contributed by atoms with E-state index in [1.807, 2.05) is 30.3 Å². The van der Waals surface area contributed by atoms with E-state index in [1.165, 1.54) is 36.7 Å². The van der Waals surface area contributed by atoms with Crippen LogP contribution in [0.25, 0.3) is 0 Å². The highest BCUT2D eigenvalue weighted by molar-refractivity contribution is 6.02. The van der Waals surface area contributed by atoms with Gasteiger partial charge in [0.15, 0.2) is 0 Å². The van der Waals surface area contributed by atoms with Crippen molar-refractivity contribution in [1.29, 1.82) is 0 Å². The van der Waals surface area contributed by atoms with Crippen molar-refractivity contribution in [3.8, 4) is 5.88 Å². The fourth-order valence-electron chi connectivity index (χ4n) is 2.00. The van der Waals surface area contributed by atoms with Crippen molar-refractivity contribution in [1.82, 2.24) is 9.97 Å². The van der Waals surface area contributed by atoms with Gasteiger partial charge in [0.25, 0.3) is 5.91 Å². The first-order valence-electron chi connectivity index (χ1n) is 7.26. The number of hydrogen-bond acceptors (Lipinski definition) is 4. The van der Waals surface area contributed by atoms with Gasteiger partial charge in [-0.25, -0.2) is 14.4 Å². The van der Waals surface area contributed by atoms with Crippen LogP contribution in [0.3, 0.4) is 0 Å². The summed E-state index contributed by atoms with van der Waals surface area (Å²) >= 11 is 0. The third-order valence-electron chi connectivity index (χ3n) is 3.21. The van der Waals surface area contributed by atoms with Gasteiger partial charge in [0, 0.05) is 11.8 Å². The molecule has 3 rings (SSSR count). The number of amides is 1. The van der Waals surface area contributed by atoms with Gasteiger partial charge in [-0.15, -0.1) is 0 Å². The maximum absolute atomic E-state index is 12.9. The van der Waals surface area contributed by atoms with E-state index in [1.54, 1.807) is 0 Å². The molecule has 3 aromatic rings. The third-order valence-corrected chi connectivity index (χ3v) is 3.21. The fourth-order valence-corrected chi connectivity index (χ4v) is 2.00. The van der Waals surface area contributed by atoms with Gasteiger partial charge in [0.2, 0.25) is 5.88 Å². The second-order valence-corrected chi connectivity index (χ2v) is 4.98. The SMILES string of the molecule is O=C(Nc1ccc(F)cc1)c1cc(OCc2ccccc2)ncn1. The Kier molecular flexibility index (Phi) is 4.76. The highest BCUT2D eigenvalue weighted by Gasteiger charge is 2.10. The molecule has 120 valence electrons. The number of nitrogens with zero attached hydrogens (tertiary/aromatic N) is 2. The summed E-state index contributed by atoms with van der Waals surface area (Å²) in [6, 6.07) is 16.6. The average Bonchev–Trinajstić information content (AvgIpc) is 2.63. The zero-order valence-corrected chi connectivity index (χ0v) is 12.6. The van der Waals surface area contributed by atoms with E-state index in [2.05, 4.69) is 15.3 Å². The standard InChI is InChI=1S/C18H14FN3O2/c19-14-6-8-15(9-7-14)22-18(23)16-10-17(21-12-20-16)24-11-13-4-2-1-3-5-13/h1-10,12H,11H2,(H,22,23). The molecule has 0 fully saturated rings. The molecule has 0 unspecified atom stereocenters. The Hall–Kier alpha value is -3.28. The Morgan fingerprint density at radius 3 is 2.54 bits per heavy atom. The predicted molar refractivity (Wildman–Crippen MR) is 87.2 cm³/mol. The number of ether oxygens (including phenoxy) is 1. The smallest absolute Gasteiger partial charge is 0.274 e. The number of carbonyl (C=O) groups excluding carboxylic acids is 1. The highest BCUT2D eigenvalue weighted by atomic mass is 19.1. The van der Waals surface area contributed by atoms with Crippen molar-refractivity contribution in [2.75, 3.05) is 5.32 Å². The van der Waals surface area contributed by atoms with Crippen LogP contribution in [0.1, 0.15) is 16.1 Å². The summed E-state index contributed by atoms with van der Waals surface area (Å²) in [5, 5.41) is 2.63. The molecule has 0 aliphatic heterocycles. The van der Waals surface area contributed by atoms with E-state index in [-0.39, 0.29) is 11.5 Å². The minimum Gasteiger partial charge on any atom is -0.473 e. The Morgan fingerprint density at radius 1 is 1.04 bits per heavy atom. The second-order valence-electron chi connectivity index (χ2n) is 4.98. The van der Waals surface area contributed by atoms with E-state index < -0.39 is 5.91 Å². The Bertz CT molecular complexity index is 823. The lowest BCUT2D eigenvalue weighted by Crippen LogP contribution is -2.14. The zero-order chi connectivity index (χ0) is 16.8. The van der Waals surface area contributed by atoms with E-state index >= 15 is 0 Å². The molecule has 0 spiro atoms. The Morgan fingerprint density at radius 2 is 1.79 bits per heavy atom. The van der Waals surface area contributed by atoms with Crippen LogP contribution < -0.4 is 10.1 Å². The molecule has 0 radical (unpaired) electrons. The molecule has 0 aliphatic carbocycles. The summed E-state index contributed by atoms with van der Waals surface area (Å²) in [6.45, 7) is 0.344. The number of hydrogen-bond donors (Lipinski definition) is 1. The molecule has 0 saturated heterocycles. The van der Waals surface area contributed by atoms with Crippen molar-refractivity contribution in [3.05, 3.63) is 84.1 Å². The highest BCUT2D eigenvalue weighted by Crippen LogP contribution is 2.13. The average molecular weight is 323 g/mol. The summed E-state index contributed by atoms with van der Waals surface area (Å²) in [4.78, 5) is 20.1. The summed E-state index contributed by atoms with van der Waals surface area (Å²) in [7, 11) is 0. The lowest BCUT2D eigenvalue weighted by Gasteiger charge is -2.07. The quantitative estimate of drug-likeness (QED) is 0.781. The molecule has 1 aromatic heterocycles. The van der Waals surface area contributed by atoms with Crippen molar-refractivity contribution in [2.24, 2.45) is 0 Å². The normalized spacial score (nSPS) is 10.2. The van der Waals surface area contributed by atoms with E-state index in [4.69, 9.17) is 4.74 Å². The Labute approximate surface area is 138 Å². The molecular formula is C18H14FN3O2. The molecule has 6 heteroatoms. The fraction of sp³-hybridized carbons (Fsp3) is 0.0556. The van der Waals surface area contributed by atoms with Crippen molar-refractivity contribution < 1.29 is 13.9 Å². The largest absolute Gasteiger partial charge is 0.473 e. The number of aromatic nitrogens is 2. The van der Waals surface area contributed by atoms with E-state index in [9.17, 15) is 9.18 Å². The molecule has 0 aliphatic rings. The number of nitrogens with one attached hydrogen (secondary N) is 1. The molecule has 0 saturated carbocycles. The van der Waals surface area contributed by atoms with Crippen LogP contribution in [0.15, 0.2) is 67.0 Å². The van der Waals surface area contributed by atoms with Crippen molar-refractivity contribution >= 4 is 11.6 Å². The molecule has 24 heavy (non-hydrogen) atoms. The van der Waals surface area contributed by atoms with Crippen LogP contribution in [-0.2, 0) is 6.61 Å². The molecule has 1 N–H and O–H groups in total. The minimum absolute atomic E-state index is 0.164. The van der Waals surface area contributed by atoms with Crippen LogP contribution >= 0.6 is 0 Å². The first-order chi connectivity index (χ1) is 11.7. The zero-order valence-electron chi connectivity index (χ0n) is 12.6. The molecule has 1 amide bonds. The number of halogens is 1. The number of anilines is 1. The van der Waals surface area contributed by atoms with Gasteiger partial charge >= 0.3 is 0 Å².